The molecule has 0 saturated heterocycles. The van der Waals surface area contributed by atoms with Crippen LogP contribution in [0.1, 0.15) is 53.7 Å². The Bertz CT molecular complexity index is 1090. The molecule has 0 fully saturated rings. The van der Waals surface area contributed by atoms with Crippen molar-refractivity contribution in [1.82, 2.24) is 4.90 Å². The van der Waals surface area contributed by atoms with Crippen molar-refractivity contribution in [2.45, 2.75) is 44.4 Å². The molecule has 0 aliphatic heterocycles. The van der Waals surface area contributed by atoms with Crippen molar-refractivity contribution < 1.29 is 17.9 Å². The molecule has 0 radical (unpaired) electrons. The average molecular weight is 457 g/mol. The van der Waals surface area contributed by atoms with Gasteiger partial charge in [-0.25, -0.2) is 13.2 Å². The van der Waals surface area contributed by atoms with E-state index in [9.17, 15) is 13.2 Å². The first-order valence-electron chi connectivity index (χ1n) is 11.1. The van der Waals surface area contributed by atoms with E-state index in [-0.39, 0.29) is 10.6 Å². The molecular formula is C25H32N2O4S. The fourth-order valence-corrected chi connectivity index (χ4v) is 5.40. The number of hydrogen-bond donors (Lipinski definition) is 1. The highest BCUT2D eigenvalue weighted by molar-refractivity contribution is 7.92. The normalized spacial score (nSPS) is 13.9. The summed E-state index contributed by atoms with van der Waals surface area (Å²) in [5.41, 5.74) is 3.15. The van der Waals surface area contributed by atoms with Crippen molar-refractivity contribution >= 4 is 27.8 Å². The summed E-state index contributed by atoms with van der Waals surface area (Å²) in [6, 6.07) is 10.5. The van der Waals surface area contributed by atoms with Crippen molar-refractivity contribution in [3.05, 3.63) is 64.7 Å². The predicted molar refractivity (Wildman–Crippen MR) is 128 cm³/mol. The van der Waals surface area contributed by atoms with Gasteiger partial charge in [0.05, 0.1) is 23.3 Å². The number of nitrogens with zero attached hydrogens (tertiary/aromatic N) is 1. The van der Waals surface area contributed by atoms with Crippen LogP contribution in [0.5, 0.6) is 0 Å². The number of likely N-dealkylation sites (N-methyl/N-ethyl adjacent to an activating group) is 1. The number of anilines is 1. The summed E-state index contributed by atoms with van der Waals surface area (Å²) in [5, 5.41) is 0. The number of ether oxygens (including phenoxy) is 1. The minimum Gasteiger partial charge on any atom is -0.465 e. The number of aryl methyl sites for hydroxylation is 1. The van der Waals surface area contributed by atoms with E-state index in [0.717, 1.165) is 56.4 Å². The van der Waals surface area contributed by atoms with Gasteiger partial charge in [-0.05, 0) is 67.6 Å². The van der Waals surface area contributed by atoms with Crippen LogP contribution in [0.4, 0.5) is 5.69 Å². The second-order valence-corrected chi connectivity index (χ2v) is 9.51. The van der Waals surface area contributed by atoms with Crippen LogP contribution in [-0.4, -0.2) is 46.0 Å². The van der Waals surface area contributed by atoms with E-state index in [0.29, 0.717) is 11.1 Å². The summed E-state index contributed by atoms with van der Waals surface area (Å²) in [6.45, 7) is 6.79. The topological polar surface area (TPSA) is 75.7 Å². The van der Waals surface area contributed by atoms with Crippen LogP contribution in [0.15, 0.2) is 47.4 Å². The molecule has 172 valence electrons. The number of nitrogens with one attached hydrogen (secondary N) is 1. The Morgan fingerprint density at radius 2 is 1.81 bits per heavy atom. The maximum atomic E-state index is 13.4. The number of benzene rings is 2. The number of carbonyl (C=O) groups excluding carboxylic acids is 1. The number of esters is 1. The molecule has 0 spiro atoms. The number of rotatable bonds is 9. The van der Waals surface area contributed by atoms with E-state index < -0.39 is 16.0 Å². The highest BCUT2D eigenvalue weighted by atomic mass is 32.2. The largest absolute Gasteiger partial charge is 0.465 e. The van der Waals surface area contributed by atoms with Crippen LogP contribution in [0.3, 0.4) is 0 Å². The molecule has 32 heavy (non-hydrogen) atoms. The molecule has 3 rings (SSSR count). The fourth-order valence-electron chi connectivity index (χ4n) is 4.12. The number of fused-ring (bicyclic) bond motifs is 1. The van der Waals surface area contributed by atoms with Crippen molar-refractivity contribution in [2.24, 2.45) is 0 Å². The quantitative estimate of drug-likeness (QED) is 0.562. The van der Waals surface area contributed by atoms with Gasteiger partial charge in [-0.1, -0.05) is 50.3 Å². The maximum absolute atomic E-state index is 13.4. The third-order valence-electron chi connectivity index (χ3n) is 5.93. The summed E-state index contributed by atoms with van der Waals surface area (Å²) >= 11 is 0. The standard InChI is InChI=1S/C25H32N2O4S/c1-4-27(5-2)18-10-13-20-12-7-9-15-23(20)32(29,30)26-22-17-16-19-11-6-8-14-21(19)24(22)25(28)31-3/h7,9-10,12-13,15-17,26H,4-6,8,11,14,18H2,1-3H3/b13-10-. The van der Waals surface area contributed by atoms with Gasteiger partial charge in [0.25, 0.3) is 10.0 Å². The summed E-state index contributed by atoms with van der Waals surface area (Å²) in [4.78, 5) is 15.0. The predicted octanol–water partition coefficient (Wildman–Crippen LogP) is 4.51. The van der Waals surface area contributed by atoms with Gasteiger partial charge in [-0.15, -0.1) is 0 Å². The Morgan fingerprint density at radius 1 is 1.09 bits per heavy atom. The van der Waals surface area contributed by atoms with Gasteiger partial charge in [0, 0.05) is 6.54 Å². The summed E-state index contributed by atoms with van der Waals surface area (Å²) in [7, 11) is -2.60. The molecule has 0 unspecified atom stereocenters. The maximum Gasteiger partial charge on any atom is 0.340 e. The van der Waals surface area contributed by atoms with Crippen LogP contribution >= 0.6 is 0 Å². The molecule has 7 heteroatoms. The van der Waals surface area contributed by atoms with Crippen molar-refractivity contribution in [3.63, 3.8) is 0 Å². The Balaban J connectivity index is 1.96. The molecule has 6 nitrogen and oxygen atoms in total. The van der Waals surface area contributed by atoms with Gasteiger partial charge in [-0.2, -0.15) is 0 Å². The number of carbonyl (C=O) groups is 1. The van der Waals surface area contributed by atoms with Gasteiger partial charge >= 0.3 is 5.97 Å². The zero-order valence-electron chi connectivity index (χ0n) is 19.1. The molecule has 0 atom stereocenters. The smallest absolute Gasteiger partial charge is 0.340 e. The number of methoxy groups -OCH3 is 1. The lowest BCUT2D eigenvalue weighted by atomic mass is 9.87. The molecule has 1 N–H and O–H groups in total. The molecule has 2 aromatic carbocycles. The Kier molecular flexibility index (Phi) is 8.10. The number of sulfonamides is 1. The van der Waals surface area contributed by atoms with Gasteiger partial charge < -0.3 is 9.64 Å². The van der Waals surface area contributed by atoms with E-state index in [1.165, 1.54) is 7.11 Å². The minimum absolute atomic E-state index is 0.171. The van der Waals surface area contributed by atoms with Crippen LogP contribution in [-0.2, 0) is 27.6 Å². The van der Waals surface area contributed by atoms with E-state index >= 15 is 0 Å². The lowest BCUT2D eigenvalue weighted by molar-refractivity contribution is 0.0600. The lowest BCUT2D eigenvalue weighted by Crippen LogP contribution is -2.22. The zero-order valence-corrected chi connectivity index (χ0v) is 19.9. The molecule has 1 aliphatic carbocycles. The van der Waals surface area contributed by atoms with Crippen LogP contribution in [0.2, 0.25) is 0 Å². The van der Waals surface area contributed by atoms with Gasteiger partial charge in [-0.3, -0.25) is 4.72 Å². The van der Waals surface area contributed by atoms with E-state index in [1.807, 2.05) is 24.3 Å². The van der Waals surface area contributed by atoms with Crippen molar-refractivity contribution in [2.75, 3.05) is 31.5 Å². The zero-order chi connectivity index (χ0) is 23.1. The summed E-state index contributed by atoms with van der Waals surface area (Å²) in [6.07, 6.45) is 7.45. The minimum atomic E-state index is -3.92. The van der Waals surface area contributed by atoms with Gasteiger partial charge in [0.1, 0.15) is 0 Å². The molecule has 0 heterocycles. The first-order chi connectivity index (χ1) is 15.4. The third-order valence-corrected chi connectivity index (χ3v) is 7.37. The van der Waals surface area contributed by atoms with Gasteiger partial charge in [0.15, 0.2) is 0 Å². The number of hydrogen-bond acceptors (Lipinski definition) is 5. The molecule has 1 aliphatic rings. The van der Waals surface area contributed by atoms with Crippen molar-refractivity contribution in [1.29, 1.82) is 0 Å². The van der Waals surface area contributed by atoms with Crippen molar-refractivity contribution in [3.8, 4) is 0 Å². The average Bonchev–Trinajstić information content (AvgIpc) is 2.81. The summed E-state index contributed by atoms with van der Waals surface area (Å²) in [5.74, 6) is -0.520. The highest BCUT2D eigenvalue weighted by Gasteiger charge is 2.26. The first kappa shape index (κ1) is 24.0. The lowest BCUT2D eigenvalue weighted by Gasteiger charge is -2.21. The molecular weight excluding hydrogens is 424 g/mol. The fraction of sp³-hybridized carbons (Fsp3) is 0.400. The Morgan fingerprint density at radius 3 is 2.53 bits per heavy atom. The van der Waals surface area contributed by atoms with E-state index in [1.54, 1.807) is 24.3 Å². The van der Waals surface area contributed by atoms with E-state index in [2.05, 4.69) is 23.5 Å². The molecule has 0 aromatic heterocycles. The second-order valence-electron chi connectivity index (χ2n) is 7.86. The molecule has 0 saturated carbocycles. The van der Waals surface area contributed by atoms with Crippen LogP contribution < -0.4 is 4.72 Å². The third kappa shape index (κ3) is 5.40. The van der Waals surface area contributed by atoms with E-state index in [4.69, 9.17) is 4.74 Å². The Hall–Kier alpha value is -2.64. The van der Waals surface area contributed by atoms with Crippen LogP contribution in [0.25, 0.3) is 6.08 Å². The molecule has 0 bridgehead atoms. The monoisotopic (exact) mass is 456 g/mol. The summed E-state index contributed by atoms with van der Waals surface area (Å²) < 4.78 is 34.4. The SMILES string of the molecule is CCN(CC)C/C=C\c1ccccc1S(=O)(=O)Nc1ccc2c(c1C(=O)OC)CCCC2. The first-order valence-corrected chi connectivity index (χ1v) is 12.6. The highest BCUT2D eigenvalue weighted by Crippen LogP contribution is 2.32. The second kappa shape index (κ2) is 10.8. The van der Waals surface area contributed by atoms with Gasteiger partial charge in [0.2, 0.25) is 0 Å². The van der Waals surface area contributed by atoms with Crippen LogP contribution in [0, 0.1) is 0 Å². The molecule has 2 aromatic rings. The Labute approximate surface area is 191 Å². The molecule has 0 amide bonds.